The van der Waals surface area contributed by atoms with Crippen molar-refractivity contribution in [2.45, 2.75) is 33.3 Å². The fourth-order valence-electron chi connectivity index (χ4n) is 2.07. The number of hydrogen-bond donors (Lipinski definition) is 0. The predicted molar refractivity (Wildman–Crippen MR) is 88.8 cm³/mol. The molecule has 1 heterocycles. The molecule has 1 aromatic carbocycles. The largest absolute Gasteiger partial charge is 0.374 e. The van der Waals surface area contributed by atoms with Crippen LogP contribution < -0.4 is 4.90 Å². The van der Waals surface area contributed by atoms with Crippen molar-refractivity contribution in [2.24, 2.45) is 0 Å². The van der Waals surface area contributed by atoms with Crippen LogP contribution in [0.3, 0.4) is 0 Å². The summed E-state index contributed by atoms with van der Waals surface area (Å²) in [5.41, 5.74) is 0.459. The normalized spacial score (nSPS) is 11.5. The highest BCUT2D eigenvalue weighted by Gasteiger charge is 2.14. The summed E-state index contributed by atoms with van der Waals surface area (Å²) in [4.78, 5) is 14.8. The summed E-state index contributed by atoms with van der Waals surface area (Å²) in [5, 5.41) is 0. The highest BCUT2D eigenvalue weighted by atomic mass is 19.1. The van der Waals surface area contributed by atoms with Crippen LogP contribution in [0.4, 0.5) is 10.3 Å². The van der Waals surface area contributed by atoms with E-state index in [-0.39, 0.29) is 11.4 Å². The van der Waals surface area contributed by atoms with Gasteiger partial charge in [-0.1, -0.05) is 12.1 Å². The molecule has 23 heavy (non-hydrogen) atoms. The highest BCUT2D eigenvalue weighted by Crippen LogP contribution is 2.17. The number of halogens is 1. The Labute approximate surface area is 136 Å². The fourth-order valence-corrected chi connectivity index (χ4v) is 2.07. The zero-order valence-corrected chi connectivity index (χ0v) is 14.1. The Bertz CT molecular complexity index is 642. The number of benzene rings is 1. The molecule has 0 atom stereocenters. The third kappa shape index (κ3) is 5.25. The molecule has 0 aliphatic rings. The quantitative estimate of drug-likeness (QED) is 0.818. The zero-order valence-electron chi connectivity index (χ0n) is 14.1. The minimum Gasteiger partial charge on any atom is -0.374 e. The molecular formula is C17H23FN4O. The third-order valence-electron chi connectivity index (χ3n) is 3.20. The molecule has 0 aliphatic heterocycles. The van der Waals surface area contributed by atoms with Crippen molar-refractivity contribution < 1.29 is 9.13 Å². The van der Waals surface area contributed by atoms with E-state index in [0.717, 1.165) is 6.54 Å². The number of likely N-dealkylation sites (N-methyl/N-ethyl adjacent to an activating group) is 1. The van der Waals surface area contributed by atoms with Gasteiger partial charge in [-0.05, 0) is 39.8 Å². The van der Waals surface area contributed by atoms with Crippen LogP contribution in [0.25, 0.3) is 11.4 Å². The first kappa shape index (κ1) is 17.3. The molecule has 0 fully saturated rings. The maximum absolute atomic E-state index is 13.4. The SMILES string of the molecule is CCN(CCOC(C)(C)C)c1ncnc(-c2cccc(F)c2)n1. The lowest BCUT2D eigenvalue weighted by Crippen LogP contribution is -2.32. The summed E-state index contributed by atoms with van der Waals surface area (Å²) < 4.78 is 19.1. The van der Waals surface area contributed by atoms with E-state index in [1.165, 1.54) is 18.5 Å². The van der Waals surface area contributed by atoms with Gasteiger partial charge in [0.25, 0.3) is 0 Å². The van der Waals surface area contributed by atoms with Gasteiger partial charge in [-0.25, -0.2) is 14.4 Å². The molecule has 0 spiro atoms. The molecule has 1 aromatic heterocycles. The Hall–Kier alpha value is -2.08. The molecule has 0 bridgehead atoms. The molecule has 2 aromatic rings. The van der Waals surface area contributed by atoms with Crippen molar-refractivity contribution in [3.8, 4) is 11.4 Å². The van der Waals surface area contributed by atoms with Gasteiger partial charge in [-0.2, -0.15) is 4.98 Å². The highest BCUT2D eigenvalue weighted by molar-refractivity contribution is 5.55. The van der Waals surface area contributed by atoms with E-state index in [4.69, 9.17) is 4.74 Å². The fraction of sp³-hybridized carbons (Fsp3) is 0.471. The molecule has 0 saturated carbocycles. The molecule has 6 heteroatoms. The van der Waals surface area contributed by atoms with E-state index in [0.29, 0.717) is 30.5 Å². The number of rotatable bonds is 6. The lowest BCUT2D eigenvalue weighted by atomic mass is 10.2. The summed E-state index contributed by atoms with van der Waals surface area (Å²) in [6.07, 6.45) is 1.45. The molecule has 0 aliphatic carbocycles. The Morgan fingerprint density at radius 2 is 2.00 bits per heavy atom. The Morgan fingerprint density at radius 3 is 2.65 bits per heavy atom. The first-order valence-electron chi connectivity index (χ1n) is 7.73. The molecule has 5 nitrogen and oxygen atoms in total. The van der Waals surface area contributed by atoms with Crippen molar-refractivity contribution in [3.05, 3.63) is 36.4 Å². The molecule has 124 valence electrons. The molecule has 0 radical (unpaired) electrons. The summed E-state index contributed by atoms with van der Waals surface area (Å²) >= 11 is 0. The smallest absolute Gasteiger partial charge is 0.228 e. The van der Waals surface area contributed by atoms with Crippen molar-refractivity contribution in [1.29, 1.82) is 0 Å². The second-order valence-corrected chi connectivity index (χ2v) is 6.16. The minimum absolute atomic E-state index is 0.175. The second kappa shape index (κ2) is 7.46. The second-order valence-electron chi connectivity index (χ2n) is 6.16. The van der Waals surface area contributed by atoms with E-state index in [1.54, 1.807) is 12.1 Å². The van der Waals surface area contributed by atoms with Gasteiger partial charge in [-0.3, -0.25) is 0 Å². The molecule has 0 saturated heterocycles. The summed E-state index contributed by atoms with van der Waals surface area (Å²) in [7, 11) is 0. The zero-order chi connectivity index (χ0) is 16.9. The monoisotopic (exact) mass is 318 g/mol. The molecule has 0 amide bonds. The van der Waals surface area contributed by atoms with E-state index in [9.17, 15) is 4.39 Å². The number of ether oxygens (including phenoxy) is 1. The lowest BCUT2D eigenvalue weighted by molar-refractivity contribution is 0.00132. The number of hydrogen-bond acceptors (Lipinski definition) is 5. The van der Waals surface area contributed by atoms with Crippen LogP contribution in [0, 0.1) is 5.82 Å². The van der Waals surface area contributed by atoms with Crippen molar-refractivity contribution >= 4 is 5.95 Å². The Kier molecular flexibility index (Phi) is 5.60. The average molecular weight is 318 g/mol. The first-order valence-corrected chi connectivity index (χ1v) is 7.73. The van der Waals surface area contributed by atoms with Gasteiger partial charge in [0, 0.05) is 18.7 Å². The van der Waals surface area contributed by atoms with Crippen LogP contribution in [0.5, 0.6) is 0 Å². The standard InChI is InChI=1S/C17H23FN4O/c1-5-22(9-10-23-17(2,3)4)16-20-12-19-15(21-16)13-7-6-8-14(18)11-13/h6-8,11-12H,5,9-10H2,1-4H3. The first-order chi connectivity index (χ1) is 10.9. The number of aromatic nitrogens is 3. The van der Waals surface area contributed by atoms with Gasteiger partial charge < -0.3 is 9.64 Å². The topological polar surface area (TPSA) is 51.1 Å². The van der Waals surface area contributed by atoms with Gasteiger partial charge in [-0.15, -0.1) is 0 Å². The van der Waals surface area contributed by atoms with E-state index in [1.807, 2.05) is 32.6 Å². The van der Waals surface area contributed by atoms with Gasteiger partial charge in [0.1, 0.15) is 12.1 Å². The lowest BCUT2D eigenvalue weighted by Gasteiger charge is -2.24. The summed E-state index contributed by atoms with van der Waals surface area (Å²) in [6.45, 7) is 10.1. The van der Waals surface area contributed by atoms with Gasteiger partial charge >= 0.3 is 0 Å². The van der Waals surface area contributed by atoms with Crippen LogP contribution >= 0.6 is 0 Å². The van der Waals surface area contributed by atoms with Crippen LogP contribution in [-0.2, 0) is 4.74 Å². The molecule has 0 N–H and O–H groups in total. The predicted octanol–water partition coefficient (Wildman–Crippen LogP) is 3.32. The van der Waals surface area contributed by atoms with E-state index in [2.05, 4.69) is 15.0 Å². The van der Waals surface area contributed by atoms with Crippen LogP contribution in [0.15, 0.2) is 30.6 Å². The maximum atomic E-state index is 13.4. The van der Waals surface area contributed by atoms with Crippen molar-refractivity contribution in [2.75, 3.05) is 24.6 Å². The van der Waals surface area contributed by atoms with Crippen LogP contribution in [0.2, 0.25) is 0 Å². The molecule has 0 unspecified atom stereocenters. The van der Waals surface area contributed by atoms with Crippen molar-refractivity contribution in [3.63, 3.8) is 0 Å². The van der Waals surface area contributed by atoms with E-state index < -0.39 is 0 Å². The van der Waals surface area contributed by atoms with Crippen LogP contribution in [-0.4, -0.2) is 40.2 Å². The molecular weight excluding hydrogens is 295 g/mol. The van der Waals surface area contributed by atoms with Crippen LogP contribution in [0.1, 0.15) is 27.7 Å². The number of anilines is 1. The third-order valence-corrected chi connectivity index (χ3v) is 3.20. The molecule has 2 rings (SSSR count). The Morgan fingerprint density at radius 1 is 1.22 bits per heavy atom. The Balaban J connectivity index is 2.13. The number of nitrogens with zero attached hydrogens (tertiary/aromatic N) is 4. The summed E-state index contributed by atoms with van der Waals surface area (Å²) in [6, 6.07) is 6.23. The van der Waals surface area contributed by atoms with Gasteiger partial charge in [0.05, 0.1) is 12.2 Å². The van der Waals surface area contributed by atoms with Crippen molar-refractivity contribution in [1.82, 2.24) is 15.0 Å². The maximum Gasteiger partial charge on any atom is 0.228 e. The summed E-state index contributed by atoms with van der Waals surface area (Å²) in [5.74, 6) is 0.722. The van der Waals surface area contributed by atoms with Gasteiger partial charge in [0.15, 0.2) is 5.82 Å². The van der Waals surface area contributed by atoms with E-state index >= 15 is 0 Å². The van der Waals surface area contributed by atoms with Gasteiger partial charge in [0.2, 0.25) is 5.95 Å². The minimum atomic E-state index is -0.310. The average Bonchev–Trinajstić information content (AvgIpc) is 2.51.